The quantitative estimate of drug-likeness (QED) is 0.906. The number of aromatic carboxylic acids is 1. The van der Waals surface area contributed by atoms with Crippen molar-refractivity contribution in [2.75, 3.05) is 11.9 Å². The van der Waals surface area contributed by atoms with E-state index in [2.05, 4.69) is 5.32 Å². The third kappa shape index (κ3) is 3.60. The van der Waals surface area contributed by atoms with E-state index in [1.165, 1.54) is 12.1 Å². The van der Waals surface area contributed by atoms with Gasteiger partial charge in [0.15, 0.2) is 0 Å². The molecule has 5 nitrogen and oxygen atoms in total. The predicted octanol–water partition coefficient (Wildman–Crippen LogP) is 1.70. The highest BCUT2D eigenvalue weighted by Gasteiger charge is 2.09. The molecule has 1 N–H and O–H groups in total. The van der Waals surface area contributed by atoms with Crippen LogP contribution in [0.2, 0.25) is 0 Å². The average Bonchev–Trinajstić information content (AvgIpc) is 2.48. The number of carbonyl (C=O) groups excluding carboxylic acids is 2. The highest BCUT2D eigenvalue weighted by Crippen LogP contribution is 2.17. The van der Waals surface area contributed by atoms with Crippen LogP contribution in [0.25, 0.3) is 0 Å². The number of carboxylic acid groups (broad SMARTS) is 1. The van der Waals surface area contributed by atoms with Crippen molar-refractivity contribution in [3.8, 4) is 5.75 Å². The molecular weight excluding hydrogens is 270 g/mol. The van der Waals surface area contributed by atoms with E-state index in [0.717, 1.165) is 0 Å². The van der Waals surface area contributed by atoms with Crippen LogP contribution in [0.15, 0.2) is 48.5 Å². The lowest BCUT2D eigenvalue weighted by molar-refractivity contribution is -0.254. The zero-order chi connectivity index (χ0) is 15.2. The Morgan fingerprint density at radius 3 is 2.38 bits per heavy atom. The maximum Gasteiger partial charge on any atom is 0.255 e. The lowest BCUT2D eigenvalue weighted by Gasteiger charge is -2.11. The zero-order valence-electron chi connectivity index (χ0n) is 11.5. The minimum atomic E-state index is -1.34. The third-order valence-electron chi connectivity index (χ3n) is 2.82. The summed E-state index contributed by atoms with van der Waals surface area (Å²) in [4.78, 5) is 23.1. The number of carbonyl (C=O) groups is 2. The summed E-state index contributed by atoms with van der Waals surface area (Å²) in [5, 5.41) is 13.5. The van der Waals surface area contributed by atoms with Gasteiger partial charge in [0.2, 0.25) is 0 Å². The van der Waals surface area contributed by atoms with Crippen molar-refractivity contribution in [2.45, 2.75) is 6.92 Å². The van der Waals surface area contributed by atoms with Gasteiger partial charge in [0.25, 0.3) is 5.91 Å². The number of nitrogens with one attached hydrogen (secondary N) is 1. The molecule has 0 saturated carbocycles. The largest absolute Gasteiger partial charge is 0.545 e. The number of benzene rings is 2. The first kappa shape index (κ1) is 14.6. The first-order chi connectivity index (χ1) is 10.1. The molecule has 0 bridgehead atoms. The van der Waals surface area contributed by atoms with Crippen LogP contribution in [-0.4, -0.2) is 18.5 Å². The van der Waals surface area contributed by atoms with Crippen molar-refractivity contribution in [1.82, 2.24) is 0 Å². The van der Waals surface area contributed by atoms with Gasteiger partial charge in [0.05, 0.1) is 18.3 Å². The van der Waals surface area contributed by atoms with E-state index >= 15 is 0 Å². The lowest BCUT2D eigenvalue weighted by Crippen LogP contribution is -2.24. The maximum absolute atomic E-state index is 12.1. The van der Waals surface area contributed by atoms with Gasteiger partial charge in [-0.2, -0.15) is 0 Å². The fraction of sp³-hybridized carbons (Fsp3) is 0.125. The minimum absolute atomic E-state index is 0.0585. The standard InChI is InChI=1S/C16H15NO4/c1-2-21-12-9-7-11(8-10-12)15(18)17-14-6-4-3-5-13(14)16(19)20/h3-10H,2H2,1H3,(H,17,18)(H,19,20)/p-1. The molecule has 1 amide bonds. The van der Waals surface area contributed by atoms with E-state index in [0.29, 0.717) is 17.9 Å². The van der Waals surface area contributed by atoms with Gasteiger partial charge in [-0.15, -0.1) is 0 Å². The fourth-order valence-corrected chi connectivity index (χ4v) is 1.83. The first-order valence-corrected chi connectivity index (χ1v) is 6.46. The van der Waals surface area contributed by atoms with Gasteiger partial charge in [0, 0.05) is 11.1 Å². The minimum Gasteiger partial charge on any atom is -0.545 e. The molecule has 2 rings (SSSR count). The second-order valence-corrected chi connectivity index (χ2v) is 4.24. The third-order valence-corrected chi connectivity index (χ3v) is 2.82. The van der Waals surface area contributed by atoms with Gasteiger partial charge in [0.1, 0.15) is 5.75 Å². The summed E-state index contributed by atoms with van der Waals surface area (Å²) in [6.07, 6.45) is 0. The molecule has 0 aliphatic carbocycles. The molecule has 0 spiro atoms. The summed E-state index contributed by atoms with van der Waals surface area (Å²) >= 11 is 0. The van der Waals surface area contributed by atoms with Crippen LogP contribution >= 0.6 is 0 Å². The smallest absolute Gasteiger partial charge is 0.255 e. The number of hydrogen-bond acceptors (Lipinski definition) is 4. The summed E-state index contributed by atoms with van der Waals surface area (Å²) in [5.74, 6) is -1.06. The fourth-order valence-electron chi connectivity index (χ4n) is 1.83. The SMILES string of the molecule is CCOc1ccc(C(=O)Nc2ccccc2C(=O)[O-])cc1. The second-order valence-electron chi connectivity index (χ2n) is 4.24. The summed E-state index contributed by atoms with van der Waals surface area (Å²) < 4.78 is 5.29. The number of hydrogen-bond donors (Lipinski definition) is 1. The topological polar surface area (TPSA) is 78.5 Å². The van der Waals surface area contributed by atoms with Crippen LogP contribution in [-0.2, 0) is 0 Å². The van der Waals surface area contributed by atoms with E-state index in [1.54, 1.807) is 36.4 Å². The molecule has 0 aromatic heterocycles. The zero-order valence-corrected chi connectivity index (χ0v) is 11.5. The van der Waals surface area contributed by atoms with Gasteiger partial charge in [-0.25, -0.2) is 0 Å². The van der Waals surface area contributed by atoms with Crippen LogP contribution in [0.4, 0.5) is 5.69 Å². The molecule has 0 fully saturated rings. The molecule has 0 unspecified atom stereocenters. The van der Waals surface area contributed by atoms with E-state index in [4.69, 9.17) is 4.74 Å². The Labute approximate surface area is 122 Å². The number of rotatable bonds is 5. The number of para-hydroxylation sites is 1. The van der Waals surface area contributed by atoms with E-state index in [9.17, 15) is 14.7 Å². The monoisotopic (exact) mass is 284 g/mol. The number of ether oxygens (including phenoxy) is 1. The van der Waals surface area contributed by atoms with Crippen molar-refractivity contribution in [1.29, 1.82) is 0 Å². The molecule has 0 radical (unpaired) electrons. The summed E-state index contributed by atoms with van der Waals surface area (Å²) in [6, 6.07) is 12.7. The summed E-state index contributed by atoms with van der Waals surface area (Å²) in [7, 11) is 0. The molecule has 2 aromatic rings. The predicted molar refractivity (Wildman–Crippen MR) is 76.3 cm³/mol. The molecular formula is C16H14NO4-. The number of amides is 1. The van der Waals surface area contributed by atoms with Crippen molar-refractivity contribution in [3.05, 3.63) is 59.7 Å². The second kappa shape index (κ2) is 6.56. The average molecular weight is 284 g/mol. The molecule has 2 aromatic carbocycles. The number of carboxylic acids is 1. The van der Waals surface area contributed by atoms with Crippen molar-refractivity contribution >= 4 is 17.6 Å². The van der Waals surface area contributed by atoms with Crippen molar-refractivity contribution in [2.24, 2.45) is 0 Å². The van der Waals surface area contributed by atoms with Gasteiger partial charge in [-0.3, -0.25) is 4.79 Å². The van der Waals surface area contributed by atoms with E-state index in [1.807, 2.05) is 6.92 Å². The highest BCUT2D eigenvalue weighted by molar-refractivity contribution is 6.07. The maximum atomic E-state index is 12.1. The normalized spacial score (nSPS) is 9.95. The van der Waals surface area contributed by atoms with Gasteiger partial charge >= 0.3 is 0 Å². The molecule has 0 aliphatic rings. The Bertz CT molecular complexity index is 650. The Kier molecular flexibility index (Phi) is 4.56. The van der Waals surface area contributed by atoms with Gasteiger partial charge in [-0.05, 0) is 37.3 Å². The molecule has 0 atom stereocenters. The highest BCUT2D eigenvalue weighted by atomic mass is 16.5. The Hall–Kier alpha value is -2.82. The van der Waals surface area contributed by atoms with Crippen LogP contribution in [0.5, 0.6) is 5.75 Å². The molecule has 5 heteroatoms. The molecule has 21 heavy (non-hydrogen) atoms. The van der Waals surface area contributed by atoms with E-state index in [-0.39, 0.29) is 11.3 Å². The number of anilines is 1. The van der Waals surface area contributed by atoms with Crippen LogP contribution in [0, 0.1) is 0 Å². The van der Waals surface area contributed by atoms with Crippen LogP contribution in [0.1, 0.15) is 27.6 Å². The van der Waals surface area contributed by atoms with Gasteiger partial charge in [-0.1, -0.05) is 18.2 Å². The molecule has 0 aliphatic heterocycles. The first-order valence-electron chi connectivity index (χ1n) is 6.46. The molecule has 108 valence electrons. The van der Waals surface area contributed by atoms with E-state index < -0.39 is 11.9 Å². The molecule has 0 heterocycles. The van der Waals surface area contributed by atoms with Gasteiger partial charge < -0.3 is 20.0 Å². The Balaban J connectivity index is 2.16. The van der Waals surface area contributed by atoms with Crippen molar-refractivity contribution < 1.29 is 19.4 Å². The lowest BCUT2D eigenvalue weighted by atomic mass is 10.1. The Morgan fingerprint density at radius 1 is 1.10 bits per heavy atom. The summed E-state index contributed by atoms with van der Waals surface area (Å²) in [6.45, 7) is 2.42. The molecule has 0 saturated heterocycles. The van der Waals surface area contributed by atoms with Crippen molar-refractivity contribution in [3.63, 3.8) is 0 Å². The van der Waals surface area contributed by atoms with Crippen LogP contribution < -0.4 is 15.2 Å². The summed E-state index contributed by atoms with van der Waals surface area (Å²) in [5.41, 5.74) is 0.555. The van der Waals surface area contributed by atoms with Crippen LogP contribution in [0.3, 0.4) is 0 Å². The Morgan fingerprint density at radius 2 is 1.76 bits per heavy atom.